The monoisotopic (exact) mass is 179 g/mol. The maximum Gasteiger partial charge on any atom is 0.106 e. The third-order valence-corrected chi connectivity index (χ3v) is 2.80. The molecule has 0 aromatic carbocycles. The van der Waals surface area contributed by atoms with Crippen molar-refractivity contribution >= 4 is 0 Å². The molecule has 1 aliphatic rings. The molecule has 1 atom stereocenters. The van der Waals surface area contributed by atoms with E-state index in [4.69, 9.17) is 4.42 Å². The van der Waals surface area contributed by atoms with Crippen molar-refractivity contribution in [3.63, 3.8) is 0 Å². The van der Waals surface area contributed by atoms with Gasteiger partial charge >= 0.3 is 0 Å². The lowest BCUT2D eigenvalue weighted by molar-refractivity contribution is 0.255. The van der Waals surface area contributed by atoms with E-state index in [-0.39, 0.29) is 5.54 Å². The third-order valence-electron chi connectivity index (χ3n) is 2.80. The summed E-state index contributed by atoms with van der Waals surface area (Å²) in [4.78, 5) is 0. The summed E-state index contributed by atoms with van der Waals surface area (Å²) in [6.45, 7) is 5.60. The summed E-state index contributed by atoms with van der Waals surface area (Å²) >= 11 is 0. The van der Waals surface area contributed by atoms with E-state index < -0.39 is 0 Å². The maximum absolute atomic E-state index is 5.44. The Kier molecular flexibility index (Phi) is 2.16. The molecule has 13 heavy (non-hydrogen) atoms. The van der Waals surface area contributed by atoms with Crippen LogP contribution in [-0.2, 0) is 0 Å². The number of hydrogen-bond acceptors (Lipinski definition) is 2. The van der Waals surface area contributed by atoms with E-state index in [1.54, 1.807) is 6.26 Å². The molecule has 0 amide bonds. The standard InChI is InChI=1S/C11H17NO/c1-11(2)8-9(5-6-12-11)10-4-3-7-13-10/h3-4,7,9,12H,5-6,8H2,1-2H3. The Morgan fingerprint density at radius 1 is 1.54 bits per heavy atom. The summed E-state index contributed by atoms with van der Waals surface area (Å²) in [5.41, 5.74) is 0.260. The second-order valence-corrected chi connectivity index (χ2v) is 4.52. The summed E-state index contributed by atoms with van der Waals surface area (Å²) in [7, 11) is 0. The molecular weight excluding hydrogens is 162 g/mol. The fourth-order valence-corrected chi connectivity index (χ4v) is 2.14. The van der Waals surface area contributed by atoms with Gasteiger partial charge in [-0.2, -0.15) is 0 Å². The van der Waals surface area contributed by atoms with Crippen LogP contribution in [0.5, 0.6) is 0 Å². The lowest BCUT2D eigenvalue weighted by Gasteiger charge is -2.35. The zero-order valence-electron chi connectivity index (χ0n) is 8.34. The van der Waals surface area contributed by atoms with Crippen molar-refractivity contribution in [1.82, 2.24) is 5.32 Å². The summed E-state index contributed by atoms with van der Waals surface area (Å²) in [5.74, 6) is 1.75. The molecule has 0 aliphatic carbocycles. The van der Waals surface area contributed by atoms with Gasteiger partial charge in [-0.05, 0) is 45.4 Å². The Bertz CT molecular complexity index is 264. The molecule has 2 rings (SSSR count). The van der Waals surface area contributed by atoms with Crippen molar-refractivity contribution in [2.24, 2.45) is 0 Å². The van der Waals surface area contributed by atoms with Crippen LogP contribution < -0.4 is 5.32 Å². The van der Waals surface area contributed by atoms with Gasteiger partial charge in [-0.3, -0.25) is 0 Å². The Labute approximate surface area is 79.3 Å². The number of rotatable bonds is 1. The molecule has 2 heterocycles. The number of piperidine rings is 1. The van der Waals surface area contributed by atoms with Gasteiger partial charge in [0.1, 0.15) is 5.76 Å². The molecule has 72 valence electrons. The highest BCUT2D eigenvalue weighted by Crippen LogP contribution is 2.32. The molecule has 1 aromatic rings. The van der Waals surface area contributed by atoms with Crippen LogP contribution in [0.1, 0.15) is 38.4 Å². The Morgan fingerprint density at radius 2 is 2.38 bits per heavy atom. The fourth-order valence-electron chi connectivity index (χ4n) is 2.14. The van der Waals surface area contributed by atoms with Crippen molar-refractivity contribution in [2.45, 2.75) is 38.1 Å². The maximum atomic E-state index is 5.44. The lowest BCUT2D eigenvalue weighted by Crippen LogP contribution is -2.45. The van der Waals surface area contributed by atoms with E-state index in [0.717, 1.165) is 12.3 Å². The predicted octanol–water partition coefficient (Wildman–Crippen LogP) is 2.53. The highest BCUT2D eigenvalue weighted by Gasteiger charge is 2.29. The fraction of sp³-hybridized carbons (Fsp3) is 0.636. The quantitative estimate of drug-likeness (QED) is 0.716. The molecular formula is C11H17NO. The Morgan fingerprint density at radius 3 is 3.00 bits per heavy atom. The second-order valence-electron chi connectivity index (χ2n) is 4.52. The summed E-state index contributed by atoms with van der Waals surface area (Å²) in [6, 6.07) is 4.07. The van der Waals surface area contributed by atoms with Crippen LogP contribution in [-0.4, -0.2) is 12.1 Å². The summed E-state index contributed by atoms with van der Waals surface area (Å²) < 4.78 is 5.44. The second kappa shape index (κ2) is 3.18. The molecule has 1 fully saturated rings. The van der Waals surface area contributed by atoms with Crippen molar-refractivity contribution in [1.29, 1.82) is 0 Å². The average Bonchev–Trinajstić information content (AvgIpc) is 2.53. The minimum Gasteiger partial charge on any atom is -0.469 e. The van der Waals surface area contributed by atoms with E-state index in [1.165, 1.54) is 12.8 Å². The van der Waals surface area contributed by atoms with E-state index in [0.29, 0.717) is 5.92 Å². The normalized spacial score (nSPS) is 27.4. The zero-order chi connectivity index (χ0) is 9.31. The van der Waals surface area contributed by atoms with E-state index in [9.17, 15) is 0 Å². The summed E-state index contributed by atoms with van der Waals surface area (Å²) in [5, 5.41) is 3.51. The van der Waals surface area contributed by atoms with Crippen LogP contribution in [0.25, 0.3) is 0 Å². The largest absolute Gasteiger partial charge is 0.469 e. The first-order valence-corrected chi connectivity index (χ1v) is 4.96. The van der Waals surface area contributed by atoms with Crippen molar-refractivity contribution in [3.05, 3.63) is 24.2 Å². The van der Waals surface area contributed by atoms with E-state index >= 15 is 0 Å². The molecule has 0 bridgehead atoms. The van der Waals surface area contributed by atoms with Crippen LogP contribution in [0.3, 0.4) is 0 Å². The first kappa shape index (κ1) is 8.82. The zero-order valence-corrected chi connectivity index (χ0v) is 8.34. The molecule has 1 N–H and O–H groups in total. The van der Waals surface area contributed by atoms with E-state index in [2.05, 4.69) is 25.2 Å². The molecule has 0 radical (unpaired) electrons. The molecule has 0 saturated carbocycles. The molecule has 1 aromatic heterocycles. The molecule has 1 aliphatic heterocycles. The van der Waals surface area contributed by atoms with Gasteiger partial charge in [0.05, 0.1) is 6.26 Å². The predicted molar refractivity (Wildman–Crippen MR) is 52.8 cm³/mol. The minimum absolute atomic E-state index is 0.260. The first-order chi connectivity index (χ1) is 6.17. The van der Waals surface area contributed by atoms with Crippen molar-refractivity contribution in [3.8, 4) is 0 Å². The van der Waals surface area contributed by atoms with Crippen LogP contribution in [0.4, 0.5) is 0 Å². The van der Waals surface area contributed by atoms with Gasteiger partial charge < -0.3 is 9.73 Å². The molecule has 2 nitrogen and oxygen atoms in total. The van der Waals surface area contributed by atoms with Crippen molar-refractivity contribution < 1.29 is 4.42 Å². The minimum atomic E-state index is 0.260. The molecule has 1 unspecified atom stereocenters. The highest BCUT2D eigenvalue weighted by atomic mass is 16.3. The SMILES string of the molecule is CC1(C)CC(c2ccco2)CCN1. The Hall–Kier alpha value is -0.760. The van der Waals surface area contributed by atoms with Gasteiger partial charge in [0.2, 0.25) is 0 Å². The Balaban J connectivity index is 2.09. The average molecular weight is 179 g/mol. The number of furan rings is 1. The third kappa shape index (κ3) is 1.94. The lowest BCUT2D eigenvalue weighted by atomic mass is 9.83. The van der Waals surface area contributed by atoms with Gasteiger partial charge in [0.25, 0.3) is 0 Å². The van der Waals surface area contributed by atoms with E-state index in [1.807, 2.05) is 6.07 Å². The van der Waals surface area contributed by atoms with Crippen molar-refractivity contribution in [2.75, 3.05) is 6.54 Å². The van der Waals surface area contributed by atoms with Crippen LogP contribution in [0, 0.1) is 0 Å². The molecule has 0 spiro atoms. The van der Waals surface area contributed by atoms with Crippen LogP contribution in [0.2, 0.25) is 0 Å². The van der Waals surface area contributed by atoms with Crippen LogP contribution >= 0.6 is 0 Å². The summed E-state index contributed by atoms with van der Waals surface area (Å²) in [6.07, 6.45) is 4.13. The van der Waals surface area contributed by atoms with Gasteiger partial charge in [-0.1, -0.05) is 0 Å². The van der Waals surface area contributed by atoms with Gasteiger partial charge in [0, 0.05) is 11.5 Å². The molecule has 1 saturated heterocycles. The van der Waals surface area contributed by atoms with Gasteiger partial charge in [0.15, 0.2) is 0 Å². The number of hydrogen-bond donors (Lipinski definition) is 1. The smallest absolute Gasteiger partial charge is 0.106 e. The van der Waals surface area contributed by atoms with Crippen LogP contribution in [0.15, 0.2) is 22.8 Å². The topological polar surface area (TPSA) is 25.2 Å². The molecule has 2 heteroatoms. The highest BCUT2D eigenvalue weighted by molar-refractivity contribution is 5.08. The van der Waals surface area contributed by atoms with Gasteiger partial charge in [-0.15, -0.1) is 0 Å². The number of nitrogens with one attached hydrogen (secondary N) is 1. The first-order valence-electron chi connectivity index (χ1n) is 4.96. The van der Waals surface area contributed by atoms with Gasteiger partial charge in [-0.25, -0.2) is 0 Å².